The minimum Gasteiger partial charge on any atom is -0.415 e. The Hall–Kier alpha value is -0.453. The van der Waals surface area contributed by atoms with Crippen LogP contribution in [0.2, 0.25) is 18.1 Å². The van der Waals surface area contributed by atoms with E-state index in [0.717, 1.165) is 6.54 Å². The summed E-state index contributed by atoms with van der Waals surface area (Å²) in [5, 5.41) is 9.24. The minimum atomic E-state index is -1.81. The van der Waals surface area contributed by atoms with Crippen LogP contribution in [0.4, 0.5) is 0 Å². The lowest BCUT2D eigenvalue weighted by Crippen LogP contribution is -2.48. The number of nitriles is 1. The molecule has 5 nitrogen and oxygen atoms in total. The predicted molar refractivity (Wildman–Crippen MR) is 87.9 cm³/mol. The molecule has 3 unspecified atom stereocenters. The normalized spacial score (nSPS) is 32.0. The van der Waals surface area contributed by atoms with Gasteiger partial charge in [-0.3, -0.25) is 4.90 Å². The number of hydrogen-bond acceptors (Lipinski definition) is 5. The van der Waals surface area contributed by atoms with Crippen LogP contribution in [-0.4, -0.2) is 57.0 Å². The summed E-state index contributed by atoms with van der Waals surface area (Å²) in [6.07, 6.45) is 0.0319. The van der Waals surface area contributed by atoms with E-state index in [1.54, 1.807) is 0 Å². The van der Waals surface area contributed by atoms with Crippen molar-refractivity contribution in [2.45, 2.75) is 76.8 Å². The fourth-order valence-corrected chi connectivity index (χ4v) is 3.91. The molecule has 0 saturated carbocycles. The smallest absolute Gasteiger partial charge is 0.192 e. The van der Waals surface area contributed by atoms with E-state index >= 15 is 0 Å². The highest BCUT2D eigenvalue weighted by atomic mass is 28.4. The molecule has 0 bridgehead atoms. The molecule has 0 aromatic carbocycles. The van der Waals surface area contributed by atoms with Crippen LogP contribution in [-0.2, 0) is 13.9 Å². The van der Waals surface area contributed by atoms with Crippen molar-refractivity contribution >= 4 is 8.32 Å². The summed E-state index contributed by atoms with van der Waals surface area (Å²) in [5.41, 5.74) is 0. The van der Waals surface area contributed by atoms with E-state index in [1.807, 2.05) is 13.8 Å². The zero-order chi connectivity index (χ0) is 16.8. The van der Waals surface area contributed by atoms with E-state index in [0.29, 0.717) is 13.2 Å². The molecule has 0 aliphatic carbocycles. The standard InChI is InChI=1S/C16H30N2O3Si/c1-15(2,3)22(6,7)19-11-12-14-13(10-18(12)9-8-17)20-16(4,5)21-14/h12-14H,9-11H2,1-7H3. The van der Waals surface area contributed by atoms with Crippen molar-refractivity contribution in [2.75, 3.05) is 19.7 Å². The molecule has 3 atom stereocenters. The topological polar surface area (TPSA) is 54.7 Å². The lowest BCUT2D eigenvalue weighted by molar-refractivity contribution is -0.162. The van der Waals surface area contributed by atoms with E-state index in [-0.39, 0.29) is 23.3 Å². The fourth-order valence-electron chi connectivity index (χ4n) is 2.89. The second kappa shape index (κ2) is 5.88. The van der Waals surface area contributed by atoms with Gasteiger partial charge in [-0.15, -0.1) is 0 Å². The molecule has 2 fully saturated rings. The van der Waals surface area contributed by atoms with Crippen molar-refractivity contribution in [1.82, 2.24) is 4.90 Å². The number of rotatable bonds is 4. The van der Waals surface area contributed by atoms with Crippen molar-refractivity contribution in [2.24, 2.45) is 0 Å². The molecule has 22 heavy (non-hydrogen) atoms. The van der Waals surface area contributed by atoms with E-state index in [4.69, 9.17) is 19.2 Å². The first kappa shape index (κ1) is 17.9. The van der Waals surface area contributed by atoms with E-state index < -0.39 is 14.1 Å². The summed E-state index contributed by atoms with van der Waals surface area (Å²) < 4.78 is 18.4. The lowest BCUT2D eigenvalue weighted by atomic mass is 10.1. The maximum Gasteiger partial charge on any atom is 0.192 e. The Morgan fingerprint density at radius 1 is 1.32 bits per heavy atom. The monoisotopic (exact) mass is 326 g/mol. The van der Waals surface area contributed by atoms with Crippen LogP contribution in [0.25, 0.3) is 0 Å². The van der Waals surface area contributed by atoms with Crippen molar-refractivity contribution in [3.8, 4) is 6.07 Å². The molecule has 0 N–H and O–H groups in total. The van der Waals surface area contributed by atoms with Crippen LogP contribution in [0, 0.1) is 11.3 Å². The summed E-state index contributed by atoms with van der Waals surface area (Å²) in [5.74, 6) is -0.538. The first-order valence-corrected chi connectivity index (χ1v) is 11.0. The quantitative estimate of drug-likeness (QED) is 0.587. The van der Waals surface area contributed by atoms with Gasteiger partial charge in [0.05, 0.1) is 25.3 Å². The highest BCUT2D eigenvalue weighted by Crippen LogP contribution is 2.39. The lowest BCUT2D eigenvalue weighted by Gasteiger charge is -2.38. The van der Waals surface area contributed by atoms with Crippen LogP contribution in [0.1, 0.15) is 34.6 Å². The first-order chi connectivity index (χ1) is 9.97. The van der Waals surface area contributed by atoms with Gasteiger partial charge in [-0.25, -0.2) is 0 Å². The van der Waals surface area contributed by atoms with Crippen LogP contribution in [0.15, 0.2) is 0 Å². The van der Waals surface area contributed by atoms with Crippen molar-refractivity contribution < 1.29 is 13.9 Å². The van der Waals surface area contributed by atoms with Gasteiger partial charge < -0.3 is 13.9 Å². The van der Waals surface area contributed by atoms with Gasteiger partial charge in [0.25, 0.3) is 0 Å². The second-order valence-corrected chi connectivity index (χ2v) is 13.2. The third kappa shape index (κ3) is 3.55. The molecule has 0 aromatic heterocycles. The van der Waals surface area contributed by atoms with E-state index in [9.17, 15) is 0 Å². The highest BCUT2D eigenvalue weighted by molar-refractivity contribution is 6.74. The number of nitrogens with zero attached hydrogens (tertiary/aromatic N) is 2. The van der Waals surface area contributed by atoms with Crippen LogP contribution in [0.3, 0.4) is 0 Å². The SMILES string of the molecule is CC1(C)OC2CN(CC#N)C(CO[Si](C)(C)C(C)(C)C)C2O1. The molecular formula is C16H30N2O3Si. The van der Waals surface area contributed by atoms with Crippen LogP contribution >= 0.6 is 0 Å². The molecule has 0 radical (unpaired) electrons. The Balaban J connectivity index is 2.07. The minimum absolute atomic E-state index is 0.00637. The van der Waals surface area contributed by atoms with Gasteiger partial charge in [0.1, 0.15) is 12.2 Å². The van der Waals surface area contributed by atoms with Gasteiger partial charge in [-0.05, 0) is 32.0 Å². The highest BCUT2D eigenvalue weighted by Gasteiger charge is 2.53. The van der Waals surface area contributed by atoms with Crippen molar-refractivity contribution in [3.05, 3.63) is 0 Å². The third-order valence-electron chi connectivity index (χ3n) is 5.18. The molecule has 0 spiro atoms. The average Bonchev–Trinajstić information content (AvgIpc) is 2.77. The fraction of sp³-hybridized carbons (Fsp3) is 0.938. The average molecular weight is 327 g/mol. The van der Waals surface area contributed by atoms with Crippen LogP contribution < -0.4 is 0 Å². The van der Waals surface area contributed by atoms with Gasteiger partial charge in [-0.2, -0.15) is 5.26 Å². The Kier molecular flexibility index (Phi) is 4.78. The first-order valence-electron chi connectivity index (χ1n) is 8.07. The Morgan fingerprint density at radius 3 is 2.50 bits per heavy atom. The Labute approximate surface area is 135 Å². The van der Waals surface area contributed by atoms with Gasteiger partial charge in [0.15, 0.2) is 14.1 Å². The molecule has 0 amide bonds. The van der Waals surface area contributed by atoms with Gasteiger partial charge in [0.2, 0.25) is 0 Å². The second-order valence-electron chi connectivity index (χ2n) is 8.36. The number of likely N-dealkylation sites (tertiary alicyclic amines) is 1. The zero-order valence-corrected chi connectivity index (χ0v) is 16.0. The van der Waals surface area contributed by atoms with Crippen molar-refractivity contribution in [3.63, 3.8) is 0 Å². The molecule has 2 aliphatic rings. The molecule has 0 aromatic rings. The molecule has 126 valence electrons. The van der Waals surface area contributed by atoms with Gasteiger partial charge >= 0.3 is 0 Å². The molecule has 2 heterocycles. The summed E-state index contributed by atoms with van der Waals surface area (Å²) in [6.45, 7) is 16.9. The molecular weight excluding hydrogens is 296 g/mol. The summed E-state index contributed by atoms with van der Waals surface area (Å²) >= 11 is 0. The summed E-state index contributed by atoms with van der Waals surface area (Å²) in [7, 11) is -1.81. The Morgan fingerprint density at radius 2 is 1.95 bits per heavy atom. The van der Waals surface area contributed by atoms with E-state index in [1.165, 1.54) is 0 Å². The zero-order valence-electron chi connectivity index (χ0n) is 15.0. The van der Waals surface area contributed by atoms with Crippen LogP contribution in [0.5, 0.6) is 0 Å². The van der Waals surface area contributed by atoms with E-state index in [2.05, 4.69) is 44.8 Å². The third-order valence-corrected chi connectivity index (χ3v) is 9.68. The van der Waals surface area contributed by atoms with Gasteiger partial charge in [0, 0.05) is 6.54 Å². The molecule has 2 aliphatic heterocycles. The molecule has 2 saturated heterocycles. The number of ether oxygens (including phenoxy) is 2. The molecule has 6 heteroatoms. The Bertz CT molecular complexity index is 453. The summed E-state index contributed by atoms with van der Waals surface area (Å²) in [4.78, 5) is 2.14. The maximum atomic E-state index is 9.06. The molecule has 2 rings (SSSR count). The maximum absolute atomic E-state index is 9.06. The number of fused-ring (bicyclic) bond motifs is 1. The van der Waals surface area contributed by atoms with Gasteiger partial charge in [-0.1, -0.05) is 20.8 Å². The predicted octanol–water partition coefficient (Wildman–Crippen LogP) is 2.74. The summed E-state index contributed by atoms with van der Waals surface area (Å²) in [6, 6.07) is 2.35. The number of hydrogen-bond donors (Lipinski definition) is 0. The van der Waals surface area contributed by atoms with Crippen molar-refractivity contribution in [1.29, 1.82) is 5.26 Å². The largest absolute Gasteiger partial charge is 0.415 e.